The molecule has 1 aliphatic rings. The summed E-state index contributed by atoms with van der Waals surface area (Å²) in [4.78, 5) is 27.3. The fourth-order valence-corrected chi connectivity index (χ4v) is 1.89. The number of ether oxygens (including phenoxy) is 1. The van der Waals surface area contributed by atoms with Gasteiger partial charge in [-0.15, -0.1) is 12.4 Å². The Balaban J connectivity index is 0.00000324. The summed E-state index contributed by atoms with van der Waals surface area (Å²) in [6, 6.07) is 0. The lowest BCUT2D eigenvalue weighted by Crippen LogP contribution is -2.55. The standard InChI is InChI=1S/C12H23N3O3.ClH/c1-12(2,9-13)11(17)15-6-4-14(5-7-15)10(16)8-18-3;/h4-9,13H2,1-3H3;1H. The first-order chi connectivity index (χ1) is 8.42. The van der Waals surface area contributed by atoms with Crippen LogP contribution in [0.2, 0.25) is 0 Å². The number of rotatable bonds is 4. The van der Waals surface area contributed by atoms with Gasteiger partial charge in [0.1, 0.15) is 6.61 Å². The Morgan fingerprint density at radius 3 is 2.05 bits per heavy atom. The Morgan fingerprint density at radius 2 is 1.63 bits per heavy atom. The van der Waals surface area contributed by atoms with E-state index in [9.17, 15) is 9.59 Å². The number of carbonyl (C=O) groups excluding carboxylic acids is 2. The van der Waals surface area contributed by atoms with Crippen LogP contribution in [-0.2, 0) is 14.3 Å². The lowest BCUT2D eigenvalue weighted by molar-refractivity contribution is -0.146. The van der Waals surface area contributed by atoms with Crippen molar-refractivity contribution in [2.75, 3.05) is 46.4 Å². The molecule has 2 N–H and O–H groups in total. The van der Waals surface area contributed by atoms with Crippen molar-refractivity contribution >= 4 is 24.2 Å². The van der Waals surface area contributed by atoms with Crippen LogP contribution in [0.15, 0.2) is 0 Å². The Labute approximate surface area is 120 Å². The van der Waals surface area contributed by atoms with Gasteiger partial charge in [-0.05, 0) is 13.8 Å². The minimum Gasteiger partial charge on any atom is -0.375 e. The highest BCUT2D eigenvalue weighted by Crippen LogP contribution is 2.18. The summed E-state index contributed by atoms with van der Waals surface area (Å²) in [7, 11) is 1.50. The highest BCUT2D eigenvalue weighted by molar-refractivity contribution is 5.85. The molecule has 1 heterocycles. The van der Waals surface area contributed by atoms with Gasteiger partial charge in [-0.25, -0.2) is 0 Å². The number of piperazine rings is 1. The topological polar surface area (TPSA) is 75.9 Å². The maximum atomic E-state index is 12.2. The van der Waals surface area contributed by atoms with Crippen LogP contribution >= 0.6 is 12.4 Å². The summed E-state index contributed by atoms with van der Waals surface area (Å²) >= 11 is 0. The number of amides is 2. The van der Waals surface area contributed by atoms with Crippen molar-refractivity contribution in [2.24, 2.45) is 11.1 Å². The van der Waals surface area contributed by atoms with Gasteiger partial charge in [0.25, 0.3) is 0 Å². The normalized spacial score (nSPS) is 16.0. The molecular formula is C12H24ClN3O3. The first-order valence-electron chi connectivity index (χ1n) is 6.18. The van der Waals surface area contributed by atoms with Gasteiger partial charge in [0.05, 0.1) is 5.41 Å². The summed E-state index contributed by atoms with van der Waals surface area (Å²) in [6.45, 7) is 6.38. The lowest BCUT2D eigenvalue weighted by atomic mass is 9.91. The molecule has 2 amide bonds. The minimum absolute atomic E-state index is 0. The van der Waals surface area contributed by atoms with Crippen LogP contribution in [0.3, 0.4) is 0 Å². The molecule has 0 aromatic carbocycles. The molecule has 1 saturated heterocycles. The molecule has 0 aromatic rings. The molecule has 1 rings (SSSR count). The molecule has 6 nitrogen and oxygen atoms in total. The summed E-state index contributed by atoms with van der Waals surface area (Å²) in [6.07, 6.45) is 0. The highest BCUT2D eigenvalue weighted by Gasteiger charge is 2.33. The number of nitrogens with two attached hydrogens (primary N) is 1. The average molecular weight is 294 g/mol. The van der Waals surface area contributed by atoms with E-state index in [0.717, 1.165) is 0 Å². The van der Waals surface area contributed by atoms with Crippen LogP contribution in [0.1, 0.15) is 13.8 Å². The Bertz CT molecular complexity index is 315. The predicted molar refractivity (Wildman–Crippen MR) is 75.1 cm³/mol. The van der Waals surface area contributed by atoms with Gasteiger partial charge in [0, 0.05) is 39.8 Å². The van der Waals surface area contributed by atoms with Gasteiger partial charge in [-0.2, -0.15) is 0 Å². The van der Waals surface area contributed by atoms with Gasteiger partial charge in [-0.3, -0.25) is 9.59 Å². The third-order valence-corrected chi connectivity index (χ3v) is 3.28. The number of hydrogen-bond donors (Lipinski definition) is 1. The maximum Gasteiger partial charge on any atom is 0.248 e. The number of hydrogen-bond acceptors (Lipinski definition) is 4. The summed E-state index contributed by atoms with van der Waals surface area (Å²) < 4.78 is 4.81. The quantitative estimate of drug-likeness (QED) is 0.773. The molecule has 7 heteroatoms. The molecule has 19 heavy (non-hydrogen) atoms. The molecule has 0 spiro atoms. The van der Waals surface area contributed by atoms with Crippen molar-refractivity contribution in [3.05, 3.63) is 0 Å². The largest absolute Gasteiger partial charge is 0.375 e. The lowest BCUT2D eigenvalue weighted by Gasteiger charge is -2.38. The van der Waals surface area contributed by atoms with Crippen molar-refractivity contribution in [1.82, 2.24) is 9.80 Å². The van der Waals surface area contributed by atoms with Crippen LogP contribution in [0.5, 0.6) is 0 Å². The third-order valence-electron chi connectivity index (χ3n) is 3.28. The van der Waals surface area contributed by atoms with Gasteiger partial charge >= 0.3 is 0 Å². The van der Waals surface area contributed by atoms with Crippen molar-refractivity contribution in [3.63, 3.8) is 0 Å². The minimum atomic E-state index is -0.529. The van der Waals surface area contributed by atoms with Gasteiger partial charge in [0.15, 0.2) is 0 Å². The molecular weight excluding hydrogens is 270 g/mol. The smallest absolute Gasteiger partial charge is 0.248 e. The zero-order chi connectivity index (χ0) is 13.8. The Morgan fingerprint density at radius 1 is 1.16 bits per heavy atom. The molecule has 0 bridgehead atoms. The molecule has 0 radical (unpaired) electrons. The Hall–Kier alpha value is -0.850. The molecule has 1 fully saturated rings. The monoisotopic (exact) mass is 293 g/mol. The summed E-state index contributed by atoms with van der Waals surface area (Å²) in [5.41, 5.74) is 5.07. The van der Waals surface area contributed by atoms with Gasteiger partial charge in [-0.1, -0.05) is 0 Å². The van der Waals surface area contributed by atoms with Gasteiger partial charge in [0.2, 0.25) is 11.8 Å². The predicted octanol–water partition coefficient (Wildman–Crippen LogP) is -0.290. The summed E-state index contributed by atoms with van der Waals surface area (Å²) in [5.74, 6) is 0.0338. The first kappa shape index (κ1) is 18.1. The number of methoxy groups -OCH3 is 1. The molecule has 0 aromatic heterocycles. The third kappa shape index (κ3) is 4.63. The van der Waals surface area contributed by atoms with Crippen LogP contribution in [-0.4, -0.2) is 68.1 Å². The van der Waals surface area contributed by atoms with E-state index in [-0.39, 0.29) is 30.8 Å². The molecule has 0 atom stereocenters. The van der Waals surface area contributed by atoms with E-state index < -0.39 is 5.41 Å². The van der Waals surface area contributed by atoms with Crippen LogP contribution < -0.4 is 5.73 Å². The molecule has 0 aliphatic carbocycles. The SMILES string of the molecule is COCC(=O)N1CCN(C(=O)C(C)(C)CN)CC1.Cl. The maximum absolute atomic E-state index is 12.2. The highest BCUT2D eigenvalue weighted by atomic mass is 35.5. The Kier molecular flexibility index (Phi) is 7.33. The fourth-order valence-electron chi connectivity index (χ4n) is 1.89. The molecule has 0 saturated carbocycles. The van der Waals surface area contributed by atoms with Crippen LogP contribution in [0.4, 0.5) is 0 Å². The van der Waals surface area contributed by atoms with Crippen molar-refractivity contribution in [1.29, 1.82) is 0 Å². The van der Waals surface area contributed by atoms with E-state index in [0.29, 0.717) is 32.7 Å². The zero-order valence-electron chi connectivity index (χ0n) is 11.8. The van der Waals surface area contributed by atoms with E-state index in [4.69, 9.17) is 10.5 Å². The van der Waals surface area contributed by atoms with Crippen molar-refractivity contribution in [2.45, 2.75) is 13.8 Å². The molecule has 0 unspecified atom stereocenters. The first-order valence-corrected chi connectivity index (χ1v) is 6.18. The van der Waals surface area contributed by atoms with E-state index in [1.54, 1.807) is 9.80 Å². The molecule has 112 valence electrons. The van der Waals surface area contributed by atoms with Gasteiger partial charge < -0.3 is 20.3 Å². The van der Waals surface area contributed by atoms with E-state index in [2.05, 4.69) is 0 Å². The van der Waals surface area contributed by atoms with Crippen molar-refractivity contribution in [3.8, 4) is 0 Å². The number of nitrogens with zero attached hydrogens (tertiary/aromatic N) is 2. The van der Waals surface area contributed by atoms with E-state index in [1.165, 1.54) is 7.11 Å². The number of carbonyl (C=O) groups is 2. The van der Waals surface area contributed by atoms with E-state index in [1.807, 2.05) is 13.8 Å². The second-order valence-corrected chi connectivity index (χ2v) is 5.19. The number of halogens is 1. The summed E-state index contributed by atoms with van der Waals surface area (Å²) in [5, 5.41) is 0. The average Bonchev–Trinajstić information content (AvgIpc) is 2.38. The fraction of sp³-hybridized carbons (Fsp3) is 0.833. The van der Waals surface area contributed by atoms with E-state index >= 15 is 0 Å². The van der Waals surface area contributed by atoms with Crippen LogP contribution in [0, 0.1) is 5.41 Å². The van der Waals surface area contributed by atoms with Crippen molar-refractivity contribution < 1.29 is 14.3 Å². The molecule has 1 aliphatic heterocycles. The second-order valence-electron chi connectivity index (χ2n) is 5.19. The second kappa shape index (κ2) is 7.67. The van der Waals surface area contributed by atoms with Crippen LogP contribution in [0.25, 0.3) is 0 Å². The zero-order valence-corrected chi connectivity index (χ0v) is 12.7.